The number of nitrogens with one attached hydrogen (secondary N) is 1. The molecule has 1 N–H and O–H groups in total. The normalized spacial score (nSPS) is 11.2. The molecule has 1 heterocycles. The molecular weight excluding hydrogens is 289 g/mol. The summed E-state index contributed by atoms with van der Waals surface area (Å²) in [6.45, 7) is 0.0724. The molecule has 6 nitrogen and oxygen atoms in total. The van der Waals surface area contributed by atoms with Gasteiger partial charge in [0.1, 0.15) is 5.69 Å². The molecule has 110 valence electrons. The summed E-state index contributed by atoms with van der Waals surface area (Å²) in [4.78, 5) is 17.1. The van der Waals surface area contributed by atoms with Gasteiger partial charge in [-0.25, -0.2) is 9.97 Å². The molecule has 21 heavy (non-hydrogen) atoms. The van der Waals surface area contributed by atoms with Gasteiger partial charge in [-0.1, -0.05) is 12.1 Å². The molecule has 0 bridgehead atoms. The van der Waals surface area contributed by atoms with Crippen LogP contribution in [0.5, 0.6) is 0 Å². The Morgan fingerprint density at radius 1 is 1.29 bits per heavy atom. The van der Waals surface area contributed by atoms with Crippen molar-refractivity contribution in [1.29, 1.82) is 0 Å². The number of nitro groups is 1. The summed E-state index contributed by atoms with van der Waals surface area (Å²) < 4.78 is 37.4. The van der Waals surface area contributed by atoms with Crippen LogP contribution in [0.2, 0.25) is 0 Å². The van der Waals surface area contributed by atoms with Crippen molar-refractivity contribution >= 4 is 11.6 Å². The van der Waals surface area contributed by atoms with Crippen LogP contribution in [0.15, 0.2) is 36.5 Å². The molecule has 0 saturated heterocycles. The number of anilines is 1. The highest BCUT2D eigenvalue weighted by molar-refractivity contribution is 5.36. The molecular formula is C12H9F3N4O2. The van der Waals surface area contributed by atoms with E-state index in [0.717, 1.165) is 12.3 Å². The maximum absolute atomic E-state index is 12.5. The zero-order valence-electron chi connectivity index (χ0n) is 10.5. The second-order valence-corrected chi connectivity index (χ2v) is 4.04. The Balaban J connectivity index is 2.10. The van der Waals surface area contributed by atoms with Gasteiger partial charge in [-0.2, -0.15) is 13.2 Å². The Morgan fingerprint density at radius 3 is 2.71 bits per heavy atom. The molecule has 0 aliphatic heterocycles. The number of rotatable bonds is 4. The number of halogens is 3. The van der Waals surface area contributed by atoms with Gasteiger partial charge in [-0.15, -0.1) is 0 Å². The summed E-state index contributed by atoms with van der Waals surface area (Å²) in [7, 11) is 0. The number of hydrogen-bond acceptors (Lipinski definition) is 5. The van der Waals surface area contributed by atoms with Crippen molar-refractivity contribution in [1.82, 2.24) is 9.97 Å². The fourth-order valence-electron chi connectivity index (χ4n) is 1.56. The Morgan fingerprint density at radius 2 is 2.05 bits per heavy atom. The Hall–Kier alpha value is -2.71. The van der Waals surface area contributed by atoms with Crippen molar-refractivity contribution < 1.29 is 18.1 Å². The molecule has 0 aliphatic rings. The molecule has 2 aromatic rings. The van der Waals surface area contributed by atoms with E-state index >= 15 is 0 Å². The van der Waals surface area contributed by atoms with Crippen molar-refractivity contribution in [2.24, 2.45) is 0 Å². The van der Waals surface area contributed by atoms with Gasteiger partial charge in [-0.3, -0.25) is 10.1 Å². The van der Waals surface area contributed by atoms with Crippen LogP contribution >= 0.6 is 0 Å². The van der Waals surface area contributed by atoms with Crippen LogP contribution in [0.1, 0.15) is 11.3 Å². The second-order valence-electron chi connectivity index (χ2n) is 4.04. The fraction of sp³-hybridized carbons (Fsp3) is 0.167. The highest BCUT2D eigenvalue weighted by Crippen LogP contribution is 2.27. The third-order valence-electron chi connectivity index (χ3n) is 2.52. The number of non-ortho nitro benzene ring substituents is 1. The summed E-state index contributed by atoms with van der Waals surface area (Å²) in [5.41, 5.74) is -0.622. The number of alkyl halides is 3. The molecule has 0 fully saturated rings. The average molecular weight is 298 g/mol. The van der Waals surface area contributed by atoms with Crippen molar-refractivity contribution in [2.45, 2.75) is 12.7 Å². The molecule has 2 rings (SSSR count). The predicted octanol–water partition coefficient (Wildman–Crippen LogP) is 3.02. The maximum Gasteiger partial charge on any atom is 0.433 e. The SMILES string of the molecule is O=[N+]([O-])c1cccc(CNc2nccc(C(F)(F)F)n2)c1. The predicted molar refractivity (Wildman–Crippen MR) is 67.5 cm³/mol. The molecule has 1 aromatic heterocycles. The van der Waals surface area contributed by atoms with Gasteiger partial charge in [0.25, 0.3) is 5.69 Å². The summed E-state index contributed by atoms with van der Waals surface area (Å²) in [5.74, 6) is -0.198. The number of hydrogen-bond donors (Lipinski definition) is 1. The molecule has 0 saturated carbocycles. The van der Waals surface area contributed by atoms with Gasteiger partial charge in [0.2, 0.25) is 5.95 Å². The van der Waals surface area contributed by atoms with Crippen LogP contribution in [0.25, 0.3) is 0 Å². The lowest BCUT2D eigenvalue weighted by molar-refractivity contribution is -0.384. The van der Waals surface area contributed by atoms with E-state index in [1.165, 1.54) is 18.2 Å². The minimum absolute atomic E-state index is 0.0724. The quantitative estimate of drug-likeness (QED) is 0.693. The zero-order chi connectivity index (χ0) is 15.5. The molecule has 0 unspecified atom stereocenters. The number of nitrogens with zero attached hydrogens (tertiary/aromatic N) is 3. The maximum atomic E-state index is 12.5. The third-order valence-corrected chi connectivity index (χ3v) is 2.52. The highest BCUT2D eigenvalue weighted by Gasteiger charge is 2.32. The first kappa shape index (κ1) is 14.7. The van der Waals surface area contributed by atoms with Crippen LogP contribution in [0.3, 0.4) is 0 Å². The molecule has 0 amide bonds. The largest absolute Gasteiger partial charge is 0.433 e. The summed E-state index contributed by atoms with van der Waals surface area (Å²) in [6.07, 6.45) is -3.56. The van der Waals surface area contributed by atoms with E-state index in [4.69, 9.17) is 0 Å². The van der Waals surface area contributed by atoms with Crippen LogP contribution in [-0.4, -0.2) is 14.9 Å². The molecule has 9 heteroatoms. The van der Waals surface area contributed by atoms with Crippen molar-refractivity contribution in [3.05, 3.63) is 57.9 Å². The van der Waals surface area contributed by atoms with Crippen LogP contribution in [-0.2, 0) is 12.7 Å². The monoisotopic (exact) mass is 298 g/mol. The lowest BCUT2D eigenvalue weighted by atomic mass is 10.2. The molecule has 0 atom stereocenters. The van der Waals surface area contributed by atoms with E-state index in [0.29, 0.717) is 5.56 Å². The summed E-state index contributed by atoms with van der Waals surface area (Å²) in [6, 6.07) is 6.50. The molecule has 0 spiro atoms. The molecule has 0 radical (unpaired) electrons. The lowest BCUT2D eigenvalue weighted by Gasteiger charge is -2.08. The second kappa shape index (κ2) is 5.73. The van der Waals surface area contributed by atoms with Crippen molar-refractivity contribution in [3.8, 4) is 0 Å². The minimum Gasteiger partial charge on any atom is -0.350 e. The molecule has 0 aliphatic carbocycles. The van der Waals surface area contributed by atoms with E-state index in [1.807, 2.05) is 0 Å². The summed E-state index contributed by atoms with van der Waals surface area (Å²) in [5, 5.41) is 13.2. The summed E-state index contributed by atoms with van der Waals surface area (Å²) >= 11 is 0. The Bertz CT molecular complexity index is 661. The van der Waals surface area contributed by atoms with Gasteiger partial charge in [0, 0.05) is 24.9 Å². The number of benzene rings is 1. The van der Waals surface area contributed by atoms with E-state index in [2.05, 4.69) is 15.3 Å². The van der Waals surface area contributed by atoms with Gasteiger partial charge in [0.15, 0.2) is 0 Å². The first-order chi connectivity index (χ1) is 9.86. The van der Waals surface area contributed by atoms with Crippen LogP contribution < -0.4 is 5.32 Å². The van der Waals surface area contributed by atoms with Gasteiger partial charge >= 0.3 is 6.18 Å². The van der Waals surface area contributed by atoms with Crippen molar-refractivity contribution in [2.75, 3.05) is 5.32 Å². The van der Waals surface area contributed by atoms with Gasteiger partial charge < -0.3 is 5.32 Å². The van der Waals surface area contributed by atoms with E-state index < -0.39 is 16.8 Å². The first-order valence-corrected chi connectivity index (χ1v) is 5.74. The zero-order valence-corrected chi connectivity index (χ0v) is 10.5. The molecule has 1 aromatic carbocycles. The average Bonchev–Trinajstić information content (AvgIpc) is 2.45. The fourth-order valence-corrected chi connectivity index (χ4v) is 1.56. The Kier molecular flexibility index (Phi) is 4.01. The van der Waals surface area contributed by atoms with Gasteiger partial charge in [0.05, 0.1) is 4.92 Å². The minimum atomic E-state index is -4.55. The van der Waals surface area contributed by atoms with Gasteiger partial charge in [-0.05, 0) is 11.6 Å². The van der Waals surface area contributed by atoms with Crippen LogP contribution in [0, 0.1) is 10.1 Å². The standard InChI is InChI=1S/C12H9F3N4O2/c13-12(14,15)10-4-5-16-11(18-10)17-7-8-2-1-3-9(6-8)19(20)21/h1-6H,7H2,(H,16,17,18). The van der Waals surface area contributed by atoms with E-state index in [9.17, 15) is 23.3 Å². The van der Waals surface area contributed by atoms with Crippen LogP contribution in [0.4, 0.5) is 24.8 Å². The lowest BCUT2D eigenvalue weighted by Crippen LogP contribution is -2.11. The first-order valence-electron chi connectivity index (χ1n) is 5.74. The topological polar surface area (TPSA) is 81.0 Å². The van der Waals surface area contributed by atoms with Crippen molar-refractivity contribution in [3.63, 3.8) is 0 Å². The van der Waals surface area contributed by atoms with E-state index in [-0.39, 0.29) is 18.2 Å². The Labute approximate surface area is 116 Å². The number of nitro benzene ring substituents is 1. The van der Waals surface area contributed by atoms with E-state index in [1.54, 1.807) is 6.07 Å². The third kappa shape index (κ3) is 3.88. The smallest absolute Gasteiger partial charge is 0.350 e. The highest BCUT2D eigenvalue weighted by atomic mass is 19.4. The number of aromatic nitrogens is 2.